The fourth-order valence-electron chi connectivity index (χ4n) is 3.63. The van der Waals surface area contributed by atoms with Crippen molar-refractivity contribution in [2.75, 3.05) is 39.6 Å². The van der Waals surface area contributed by atoms with Crippen LogP contribution >= 0.6 is 11.6 Å². The maximum Gasteiger partial charge on any atom is 0.255 e. The molecule has 2 fully saturated rings. The Labute approximate surface area is 158 Å². The second-order valence-corrected chi connectivity index (χ2v) is 8.91. The highest BCUT2D eigenvalue weighted by molar-refractivity contribution is 7.88. The van der Waals surface area contributed by atoms with Gasteiger partial charge in [-0.15, -0.1) is 0 Å². The van der Waals surface area contributed by atoms with E-state index >= 15 is 0 Å². The first-order chi connectivity index (χ1) is 12.3. The van der Waals surface area contributed by atoms with Crippen molar-refractivity contribution in [2.45, 2.75) is 25.0 Å². The molecule has 0 radical (unpaired) electrons. The summed E-state index contributed by atoms with van der Waals surface area (Å²) in [6, 6.07) is 4.73. The van der Waals surface area contributed by atoms with Crippen molar-refractivity contribution in [2.24, 2.45) is 0 Å². The number of sulfonamides is 1. The summed E-state index contributed by atoms with van der Waals surface area (Å²) in [5.41, 5.74) is 0.386. The first-order valence-electron chi connectivity index (χ1n) is 8.52. The molecule has 9 heteroatoms. The maximum absolute atomic E-state index is 12.9. The summed E-state index contributed by atoms with van der Waals surface area (Å²) in [4.78, 5) is 14.6. The lowest BCUT2D eigenvalue weighted by Crippen LogP contribution is -2.53. The molecule has 3 rings (SSSR count). The third-order valence-corrected chi connectivity index (χ3v) is 6.57. The fraction of sp³-hybridized carbons (Fsp3) is 0.588. The lowest BCUT2D eigenvalue weighted by molar-refractivity contribution is -0.0406. The van der Waals surface area contributed by atoms with Gasteiger partial charge in [-0.1, -0.05) is 11.6 Å². The summed E-state index contributed by atoms with van der Waals surface area (Å²) in [6.07, 6.45) is 2.14. The number of nitrogens with zero attached hydrogens (tertiary/aromatic N) is 2. The number of fused-ring (bicyclic) bond motifs is 1. The molecule has 0 aromatic heterocycles. The van der Waals surface area contributed by atoms with Crippen molar-refractivity contribution >= 4 is 27.5 Å². The highest BCUT2D eigenvalue weighted by Crippen LogP contribution is 2.28. The van der Waals surface area contributed by atoms with Crippen LogP contribution < -0.4 is 4.74 Å². The SMILES string of the molecule is COc1ccc(Cl)c(C(=O)N2CC[C@@H]3[C@@H](CC2)OCCN3S(C)(=O)=O)c1. The summed E-state index contributed by atoms with van der Waals surface area (Å²) in [5.74, 6) is 0.381. The lowest BCUT2D eigenvalue weighted by atomic mass is 10.0. The molecule has 2 atom stereocenters. The fourth-order valence-corrected chi connectivity index (χ4v) is 4.96. The average molecular weight is 403 g/mol. The van der Waals surface area contributed by atoms with E-state index in [0.29, 0.717) is 55.4 Å². The van der Waals surface area contributed by atoms with Crippen LogP contribution in [0.3, 0.4) is 0 Å². The monoisotopic (exact) mass is 402 g/mol. The Kier molecular flexibility index (Phi) is 5.76. The minimum atomic E-state index is -3.31. The van der Waals surface area contributed by atoms with Gasteiger partial charge < -0.3 is 14.4 Å². The van der Waals surface area contributed by atoms with E-state index < -0.39 is 10.0 Å². The molecule has 0 aliphatic carbocycles. The molecule has 1 amide bonds. The number of ether oxygens (including phenoxy) is 2. The number of hydrogen-bond donors (Lipinski definition) is 0. The zero-order valence-electron chi connectivity index (χ0n) is 14.9. The molecule has 1 aromatic carbocycles. The van der Waals surface area contributed by atoms with Crippen LogP contribution in [0, 0.1) is 0 Å². The van der Waals surface area contributed by atoms with Crippen LogP contribution in [-0.2, 0) is 14.8 Å². The molecule has 2 saturated heterocycles. The normalized spacial score (nSPS) is 24.7. The summed E-state index contributed by atoms with van der Waals surface area (Å²) in [6.45, 7) is 1.67. The first-order valence-corrected chi connectivity index (χ1v) is 10.7. The second-order valence-electron chi connectivity index (χ2n) is 6.57. The molecule has 0 saturated carbocycles. The standard InChI is InChI=1S/C17H23ClN2O5S/c1-24-12-3-4-14(18)13(11-12)17(21)19-7-5-15-16(6-8-19)25-10-9-20(15)26(2,22)23/h3-4,11,15-16H,5-10H2,1-2H3/t15-,16-/m1/s1. The molecule has 144 valence electrons. The van der Waals surface area contributed by atoms with E-state index in [1.165, 1.54) is 17.7 Å². The van der Waals surface area contributed by atoms with E-state index in [1.807, 2.05) is 0 Å². The molecular weight excluding hydrogens is 380 g/mol. The van der Waals surface area contributed by atoms with E-state index in [4.69, 9.17) is 21.1 Å². The van der Waals surface area contributed by atoms with Crippen LogP contribution in [-0.4, -0.2) is 75.3 Å². The molecule has 7 nitrogen and oxygen atoms in total. The Morgan fingerprint density at radius 2 is 2.00 bits per heavy atom. The van der Waals surface area contributed by atoms with Gasteiger partial charge in [0.1, 0.15) is 5.75 Å². The van der Waals surface area contributed by atoms with E-state index in [2.05, 4.69) is 0 Å². The summed E-state index contributed by atoms with van der Waals surface area (Å²) < 4.78 is 36.6. The number of carbonyl (C=O) groups is 1. The van der Waals surface area contributed by atoms with Crippen LogP contribution in [0.5, 0.6) is 5.75 Å². The Morgan fingerprint density at radius 3 is 2.69 bits per heavy atom. The number of carbonyl (C=O) groups excluding carboxylic acids is 1. The number of halogens is 1. The van der Waals surface area contributed by atoms with Gasteiger partial charge in [0.25, 0.3) is 5.91 Å². The van der Waals surface area contributed by atoms with E-state index in [0.717, 1.165) is 0 Å². The molecule has 1 aromatic rings. The van der Waals surface area contributed by atoms with Gasteiger partial charge in [-0.3, -0.25) is 4.79 Å². The number of morpholine rings is 1. The van der Waals surface area contributed by atoms with E-state index in [9.17, 15) is 13.2 Å². The van der Waals surface area contributed by atoms with Crippen molar-refractivity contribution in [3.05, 3.63) is 28.8 Å². The van der Waals surface area contributed by atoms with E-state index in [-0.39, 0.29) is 18.1 Å². The number of amides is 1. The Morgan fingerprint density at radius 1 is 1.27 bits per heavy atom. The maximum atomic E-state index is 12.9. The quantitative estimate of drug-likeness (QED) is 0.767. The minimum Gasteiger partial charge on any atom is -0.497 e. The molecular formula is C17H23ClN2O5S. The molecule has 2 heterocycles. The van der Waals surface area contributed by atoms with Crippen molar-refractivity contribution in [1.29, 1.82) is 0 Å². The first kappa shape index (κ1) is 19.4. The van der Waals surface area contributed by atoms with E-state index in [1.54, 1.807) is 23.1 Å². The lowest BCUT2D eigenvalue weighted by Gasteiger charge is -2.38. The van der Waals surface area contributed by atoms with Crippen molar-refractivity contribution in [1.82, 2.24) is 9.21 Å². The van der Waals surface area contributed by atoms with Gasteiger partial charge in [-0.25, -0.2) is 8.42 Å². The number of rotatable bonds is 3. The molecule has 26 heavy (non-hydrogen) atoms. The summed E-state index contributed by atoms with van der Waals surface area (Å²) in [5, 5.41) is 0.367. The number of hydrogen-bond acceptors (Lipinski definition) is 5. The zero-order chi connectivity index (χ0) is 18.9. The third kappa shape index (κ3) is 3.98. The van der Waals surface area contributed by atoms with Gasteiger partial charge >= 0.3 is 0 Å². The van der Waals surface area contributed by atoms with Gasteiger partial charge in [0.15, 0.2) is 0 Å². The summed E-state index contributed by atoms with van der Waals surface area (Å²) in [7, 11) is -1.77. The number of likely N-dealkylation sites (tertiary alicyclic amines) is 1. The number of benzene rings is 1. The highest BCUT2D eigenvalue weighted by Gasteiger charge is 2.39. The van der Waals surface area contributed by atoms with Crippen LogP contribution in [0.4, 0.5) is 0 Å². The van der Waals surface area contributed by atoms with Gasteiger partial charge in [0.05, 0.1) is 42.7 Å². The van der Waals surface area contributed by atoms with Gasteiger partial charge in [-0.2, -0.15) is 4.31 Å². The van der Waals surface area contributed by atoms with Crippen LogP contribution in [0.15, 0.2) is 18.2 Å². The molecule has 0 N–H and O–H groups in total. The van der Waals surface area contributed by atoms with Gasteiger partial charge in [0, 0.05) is 19.6 Å². The van der Waals surface area contributed by atoms with Crippen LogP contribution in [0.25, 0.3) is 0 Å². The molecule has 2 aliphatic rings. The Balaban J connectivity index is 1.79. The van der Waals surface area contributed by atoms with Crippen LogP contribution in [0.2, 0.25) is 5.02 Å². The van der Waals surface area contributed by atoms with Gasteiger partial charge in [-0.05, 0) is 31.0 Å². The van der Waals surface area contributed by atoms with Crippen molar-refractivity contribution < 1.29 is 22.7 Å². The molecule has 0 spiro atoms. The molecule has 0 bridgehead atoms. The highest BCUT2D eigenvalue weighted by atomic mass is 35.5. The average Bonchev–Trinajstić information content (AvgIpc) is 2.83. The predicted octanol–water partition coefficient (Wildman–Crippen LogP) is 1.61. The smallest absolute Gasteiger partial charge is 0.255 e. The Bertz CT molecular complexity index is 785. The predicted molar refractivity (Wildman–Crippen MR) is 98.2 cm³/mol. The minimum absolute atomic E-state index is 0.182. The Hall–Kier alpha value is -1.35. The summed E-state index contributed by atoms with van der Waals surface area (Å²) >= 11 is 6.20. The second kappa shape index (κ2) is 7.72. The third-order valence-electron chi connectivity index (χ3n) is 4.94. The molecule has 2 aliphatic heterocycles. The zero-order valence-corrected chi connectivity index (χ0v) is 16.4. The largest absolute Gasteiger partial charge is 0.497 e. The van der Waals surface area contributed by atoms with Crippen molar-refractivity contribution in [3.63, 3.8) is 0 Å². The van der Waals surface area contributed by atoms with Gasteiger partial charge in [0.2, 0.25) is 10.0 Å². The van der Waals surface area contributed by atoms with Crippen LogP contribution in [0.1, 0.15) is 23.2 Å². The molecule has 0 unspecified atom stereocenters. The topological polar surface area (TPSA) is 76.2 Å². The number of methoxy groups -OCH3 is 1. The van der Waals surface area contributed by atoms with Crippen molar-refractivity contribution in [3.8, 4) is 5.75 Å².